The zero-order valence-electron chi connectivity index (χ0n) is 11.7. The monoisotopic (exact) mass is 277 g/mol. The Kier molecular flexibility index (Phi) is 4.24. The highest BCUT2D eigenvalue weighted by molar-refractivity contribution is 5.92. The van der Waals surface area contributed by atoms with E-state index in [0.717, 1.165) is 5.56 Å². The van der Waals surface area contributed by atoms with Crippen molar-refractivity contribution in [3.05, 3.63) is 29.8 Å². The topological polar surface area (TPSA) is 75.9 Å². The second-order valence-corrected chi connectivity index (χ2v) is 4.87. The molecule has 1 saturated heterocycles. The SMILES string of the molecule is COc1ccccc1C(N)CN1CC(=O)N(C)CC1=O. The van der Waals surface area contributed by atoms with Crippen LogP contribution in [0.1, 0.15) is 11.6 Å². The van der Waals surface area contributed by atoms with E-state index in [2.05, 4.69) is 0 Å². The van der Waals surface area contributed by atoms with Crippen LogP contribution in [0.3, 0.4) is 0 Å². The van der Waals surface area contributed by atoms with Gasteiger partial charge in [-0.2, -0.15) is 0 Å². The van der Waals surface area contributed by atoms with Crippen LogP contribution in [0.4, 0.5) is 0 Å². The van der Waals surface area contributed by atoms with Crippen molar-refractivity contribution in [3.8, 4) is 5.75 Å². The van der Waals surface area contributed by atoms with Gasteiger partial charge in [0.25, 0.3) is 0 Å². The first-order valence-electron chi connectivity index (χ1n) is 6.43. The van der Waals surface area contributed by atoms with E-state index in [4.69, 9.17) is 10.5 Å². The molecule has 1 aliphatic rings. The summed E-state index contributed by atoms with van der Waals surface area (Å²) < 4.78 is 5.26. The second-order valence-electron chi connectivity index (χ2n) is 4.87. The maximum Gasteiger partial charge on any atom is 0.242 e. The predicted octanol–water partition coefficient (Wildman–Crippen LogP) is -0.00440. The summed E-state index contributed by atoms with van der Waals surface area (Å²) in [4.78, 5) is 26.5. The molecule has 2 amide bonds. The summed E-state index contributed by atoms with van der Waals surface area (Å²) in [6.07, 6.45) is 0. The molecule has 108 valence electrons. The normalized spacial score (nSPS) is 17.4. The number of likely N-dealkylation sites (N-methyl/N-ethyl adjacent to an activating group) is 1. The quantitative estimate of drug-likeness (QED) is 0.840. The summed E-state index contributed by atoms with van der Waals surface area (Å²) in [5, 5.41) is 0. The molecule has 0 saturated carbocycles. The van der Waals surface area contributed by atoms with Crippen LogP contribution >= 0.6 is 0 Å². The average molecular weight is 277 g/mol. The number of methoxy groups -OCH3 is 1. The van der Waals surface area contributed by atoms with Crippen LogP contribution in [-0.2, 0) is 9.59 Å². The number of nitrogens with two attached hydrogens (primary N) is 1. The Labute approximate surface area is 118 Å². The smallest absolute Gasteiger partial charge is 0.242 e. The molecule has 0 aromatic heterocycles. The van der Waals surface area contributed by atoms with Crippen LogP contribution in [0.25, 0.3) is 0 Å². The van der Waals surface area contributed by atoms with Crippen LogP contribution in [0.15, 0.2) is 24.3 Å². The van der Waals surface area contributed by atoms with Crippen LogP contribution < -0.4 is 10.5 Å². The number of carbonyl (C=O) groups is 2. The molecule has 1 atom stereocenters. The summed E-state index contributed by atoms with van der Waals surface area (Å²) in [6.45, 7) is 0.494. The van der Waals surface area contributed by atoms with Crippen molar-refractivity contribution in [1.82, 2.24) is 9.80 Å². The highest BCUT2D eigenvalue weighted by Crippen LogP contribution is 2.24. The zero-order chi connectivity index (χ0) is 14.7. The van der Waals surface area contributed by atoms with Gasteiger partial charge in [0.15, 0.2) is 0 Å². The molecule has 6 heteroatoms. The van der Waals surface area contributed by atoms with Gasteiger partial charge in [0.1, 0.15) is 5.75 Å². The molecule has 1 aromatic rings. The summed E-state index contributed by atoms with van der Waals surface area (Å²) in [6, 6.07) is 7.04. The van der Waals surface area contributed by atoms with E-state index in [0.29, 0.717) is 12.3 Å². The average Bonchev–Trinajstić information content (AvgIpc) is 2.44. The number of benzene rings is 1. The maximum absolute atomic E-state index is 11.9. The molecule has 6 nitrogen and oxygen atoms in total. The first-order valence-corrected chi connectivity index (χ1v) is 6.43. The Bertz CT molecular complexity index is 518. The van der Waals surface area contributed by atoms with Gasteiger partial charge in [0.05, 0.1) is 26.2 Å². The minimum atomic E-state index is -0.383. The fraction of sp³-hybridized carbons (Fsp3) is 0.429. The van der Waals surface area contributed by atoms with Gasteiger partial charge in [-0.15, -0.1) is 0 Å². The van der Waals surface area contributed by atoms with Gasteiger partial charge in [-0.05, 0) is 6.07 Å². The number of ether oxygens (including phenoxy) is 1. The van der Waals surface area contributed by atoms with Gasteiger partial charge in [-0.3, -0.25) is 9.59 Å². The molecule has 1 aromatic carbocycles. The third-order valence-electron chi connectivity index (χ3n) is 3.43. The van der Waals surface area contributed by atoms with E-state index in [1.54, 1.807) is 14.2 Å². The molecule has 0 bridgehead atoms. The minimum absolute atomic E-state index is 0.0724. The number of nitrogens with zero attached hydrogens (tertiary/aromatic N) is 2. The molecule has 2 rings (SSSR count). The van der Waals surface area contributed by atoms with Crippen LogP contribution in [-0.4, -0.2) is 55.4 Å². The molecule has 1 unspecified atom stereocenters. The Morgan fingerprint density at radius 3 is 2.65 bits per heavy atom. The minimum Gasteiger partial charge on any atom is -0.496 e. The van der Waals surface area contributed by atoms with Gasteiger partial charge in [-0.25, -0.2) is 0 Å². The molecule has 2 N–H and O–H groups in total. The van der Waals surface area contributed by atoms with Crippen LogP contribution in [0.2, 0.25) is 0 Å². The molecule has 1 aliphatic heterocycles. The van der Waals surface area contributed by atoms with Crippen molar-refractivity contribution in [2.75, 3.05) is 33.8 Å². The van der Waals surface area contributed by atoms with E-state index >= 15 is 0 Å². The summed E-state index contributed by atoms with van der Waals surface area (Å²) in [5.41, 5.74) is 6.97. The molecule has 0 aliphatic carbocycles. The molecule has 20 heavy (non-hydrogen) atoms. The molecular weight excluding hydrogens is 258 g/mol. The number of para-hydroxylation sites is 1. The van der Waals surface area contributed by atoms with Crippen molar-refractivity contribution < 1.29 is 14.3 Å². The lowest BCUT2D eigenvalue weighted by molar-refractivity contribution is -0.148. The van der Waals surface area contributed by atoms with Crippen molar-refractivity contribution in [2.45, 2.75) is 6.04 Å². The largest absolute Gasteiger partial charge is 0.496 e. The lowest BCUT2D eigenvalue weighted by Gasteiger charge is -2.33. The first-order chi connectivity index (χ1) is 9.52. The fourth-order valence-corrected chi connectivity index (χ4v) is 2.24. The van der Waals surface area contributed by atoms with Crippen LogP contribution in [0.5, 0.6) is 5.75 Å². The van der Waals surface area contributed by atoms with Crippen molar-refractivity contribution in [1.29, 1.82) is 0 Å². The number of rotatable bonds is 4. The predicted molar refractivity (Wildman–Crippen MR) is 74.1 cm³/mol. The number of hydrogen-bond donors (Lipinski definition) is 1. The summed E-state index contributed by atoms with van der Waals surface area (Å²) in [7, 11) is 3.20. The highest BCUT2D eigenvalue weighted by Gasteiger charge is 2.29. The summed E-state index contributed by atoms with van der Waals surface area (Å²) >= 11 is 0. The third-order valence-corrected chi connectivity index (χ3v) is 3.43. The van der Waals surface area contributed by atoms with E-state index in [-0.39, 0.29) is 30.9 Å². The van der Waals surface area contributed by atoms with E-state index in [1.165, 1.54) is 9.80 Å². The number of amides is 2. The van der Waals surface area contributed by atoms with Gasteiger partial charge in [0, 0.05) is 19.2 Å². The van der Waals surface area contributed by atoms with E-state index in [9.17, 15) is 9.59 Å². The van der Waals surface area contributed by atoms with E-state index < -0.39 is 0 Å². The number of piperazine rings is 1. The summed E-state index contributed by atoms with van der Waals surface area (Å²) in [5.74, 6) is 0.530. The van der Waals surface area contributed by atoms with Crippen LogP contribution in [0, 0.1) is 0 Å². The Morgan fingerprint density at radius 1 is 1.25 bits per heavy atom. The third kappa shape index (κ3) is 2.91. The lowest BCUT2D eigenvalue weighted by atomic mass is 10.1. The van der Waals surface area contributed by atoms with Crippen molar-refractivity contribution >= 4 is 11.8 Å². The van der Waals surface area contributed by atoms with Crippen molar-refractivity contribution in [2.24, 2.45) is 5.73 Å². The Morgan fingerprint density at radius 2 is 1.95 bits per heavy atom. The molecule has 0 spiro atoms. The van der Waals surface area contributed by atoms with Crippen molar-refractivity contribution in [3.63, 3.8) is 0 Å². The molecule has 1 heterocycles. The first kappa shape index (κ1) is 14.3. The second kappa shape index (κ2) is 5.92. The van der Waals surface area contributed by atoms with E-state index in [1.807, 2.05) is 24.3 Å². The maximum atomic E-state index is 11.9. The molecular formula is C14H19N3O3. The fourth-order valence-electron chi connectivity index (χ4n) is 2.24. The Hall–Kier alpha value is -2.08. The number of carbonyl (C=O) groups excluding carboxylic acids is 2. The van der Waals surface area contributed by atoms with Gasteiger partial charge < -0.3 is 20.3 Å². The molecule has 0 radical (unpaired) electrons. The van der Waals surface area contributed by atoms with Gasteiger partial charge in [-0.1, -0.05) is 18.2 Å². The zero-order valence-corrected chi connectivity index (χ0v) is 11.7. The lowest BCUT2D eigenvalue weighted by Crippen LogP contribution is -2.53. The standard InChI is InChI=1S/C14H19N3O3/c1-16-8-14(19)17(9-13(16)18)7-11(15)10-5-3-4-6-12(10)20-2/h3-6,11H,7-9,15H2,1-2H3. The van der Waals surface area contributed by atoms with Gasteiger partial charge in [0.2, 0.25) is 11.8 Å². The van der Waals surface area contributed by atoms with Gasteiger partial charge >= 0.3 is 0 Å². The molecule has 1 fully saturated rings. The Balaban J connectivity index is 2.09. The number of hydrogen-bond acceptors (Lipinski definition) is 4. The highest BCUT2D eigenvalue weighted by atomic mass is 16.5.